The summed E-state index contributed by atoms with van der Waals surface area (Å²) in [6.07, 6.45) is 3.43. The summed E-state index contributed by atoms with van der Waals surface area (Å²) in [4.78, 5) is 11.4. The van der Waals surface area contributed by atoms with Crippen LogP contribution in [-0.4, -0.2) is 5.78 Å². The monoisotopic (exact) mass is 166 g/mol. The third kappa shape index (κ3) is 0.884. The molecule has 3 atom stereocenters. The van der Waals surface area contributed by atoms with Crippen LogP contribution in [0.15, 0.2) is 0 Å². The van der Waals surface area contributed by atoms with E-state index in [0.717, 1.165) is 6.42 Å². The van der Waals surface area contributed by atoms with Crippen LogP contribution in [0.5, 0.6) is 0 Å². The Balaban J connectivity index is 2.17. The number of carbonyl (C=O) groups excluding carboxylic acids is 1. The third-order valence-electron chi connectivity index (χ3n) is 4.01. The molecule has 0 heterocycles. The van der Waals surface area contributed by atoms with Gasteiger partial charge in [-0.05, 0) is 30.1 Å². The van der Waals surface area contributed by atoms with Crippen LogP contribution in [0.3, 0.4) is 0 Å². The van der Waals surface area contributed by atoms with Gasteiger partial charge in [0.25, 0.3) is 0 Å². The molecule has 1 nitrogen and oxygen atoms in total. The molecule has 0 radical (unpaired) electrons. The van der Waals surface area contributed by atoms with Crippen molar-refractivity contribution in [3.8, 4) is 0 Å². The lowest BCUT2D eigenvalue weighted by Gasteiger charge is -2.43. The van der Waals surface area contributed by atoms with Gasteiger partial charge < -0.3 is 0 Å². The summed E-state index contributed by atoms with van der Waals surface area (Å²) < 4.78 is 0. The Kier molecular flexibility index (Phi) is 1.61. The molecule has 2 rings (SSSR count). The summed E-state index contributed by atoms with van der Waals surface area (Å²) in [5.74, 6) is 2.35. The fraction of sp³-hybridized carbons (Fsp3) is 0.909. The molecule has 0 N–H and O–H groups in total. The van der Waals surface area contributed by atoms with Crippen LogP contribution in [0.1, 0.15) is 40.0 Å². The zero-order valence-corrected chi connectivity index (χ0v) is 8.26. The maximum Gasteiger partial charge on any atom is 0.137 e. The van der Waals surface area contributed by atoms with Gasteiger partial charge in [0.2, 0.25) is 0 Å². The predicted molar refractivity (Wildman–Crippen MR) is 48.8 cm³/mol. The van der Waals surface area contributed by atoms with E-state index in [1.807, 2.05) is 0 Å². The Morgan fingerprint density at radius 2 is 2.17 bits per heavy atom. The molecule has 3 unspecified atom stereocenters. The first-order valence-electron chi connectivity index (χ1n) is 5.07. The molecule has 0 aromatic heterocycles. The van der Waals surface area contributed by atoms with E-state index >= 15 is 0 Å². The second-order valence-corrected chi connectivity index (χ2v) is 5.22. The lowest BCUT2D eigenvalue weighted by atomic mass is 9.59. The van der Waals surface area contributed by atoms with Crippen LogP contribution in [0.4, 0.5) is 0 Å². The molecular weight excluding hydrogens is 148 g/mol. The third-order valence-corrected chi connectivity index (χ3v) is 4.01. The van der Waals surface area contributed by atoms with Crippen LogP contribution in [0.2, 0.25) is 0 Å². The highest BCUT2D eigenvalue weighted by atomic mass is 16.1. The van der Waals surface area contributed by atoms with Crippen molar-refractivity contribution in [3.63, 3.8) is 0 Å². The molecule has 0 spiro atoms. The van der Waals surface area contributed by atoms with Gasteiger partial charge in [-0.25, -0.2) is 0 Å². The second-order valence-electron chi connectivity index (χ2n) is 5.22. The molecule has 2 fully saturated rings. The highest BCUT2D eigenvalue weighted by molar-refractivity contribution is 5.89. The first-order chi connectivity index (χ1) is 5.54. The van der Waals surface area contributed by atoms with Gasteiger partial charge in [-0.1, -0.05) is 20.8 Å². The molecule has 0 aromatic rings. The van der Waals surface area contributed by atoms with Gasteiger partial charge in [0.15, 0.2) is 0 Å². The van der Waals surface area contributed by atoms with E-state index in [1.165, 1.54) is 12.8 Å². The molecule has 0 amide bonds. The molecule has 0 aliphatic heterocycles. The van der Waals surface area contributed by atoms with Gasteiger partial charge in [0.05, 0.1) is 0 Å². The van der Waals surface area contributed by atoms with Gasteiger partial charge in [0, 0.05) is 12.3 Å². The van der Waals surface area contributed by atoms with Crippen LogP contribution in [-0.2, 0) is 4.79 Å². The minimum atomic E-state index is 0.409. The average Bonchev–Trinajstić information content (AvgIpc) is 2.22. The summed E-state index contributed by atoms with van der Waals surface area (Å²) in [5.41, 5.74) is 0.409. The molecule has 1 heteroatoms. The topological polar surface area (TPSA) is 17.1 Å². The molecule has 0 aromatic carbocycles. The maximum absolute atomic E-state index is 11.4. The molecule has 12 heavy (non-hydrogen) atoms. The smallest absolute Gasteiger partial charge is 0.137 e. The largest absolute Gasteiger partial charge is 0.299 e. The van der Waals surface area contributed by atoms with E-state index < -0.39 is 0 Å². The maximum atomic E-state index is 11.4. The first-order valence-corrected chi connectivity index (χ1v) is 5.07. The molecule has 68 valence electrons. The van der Waals surface area contributed by atoms with Gasteiger partial charge in [-0.15, -0.1) is 0 Å². The van der Waals surface area contributed by atoms with Crippen molar-refractivity contribution in [2.75, 3.05) is 0 Å². The van der Waals surface area contributed by atoms with E-state index in [9.17, 15) is 4.79 Å². The normalized spacial score (nSPS) is 46.2. The average molecular weight is 166 g/mol. The van der Waals surface area contributed by atoms with Crippen molar-refractivity contribution in [1.82, 2.24) is 0 Å². The number of rotatable bonds is 1. The minimum Gasteiger partial charge on any atom is -0.299 e. The van der Waals surface area contributed by atoms with Crippen molar-refractivity contribution in [2.24, 2.45) is 23.2 Å². The zero-order chi connectivity index (χ0) is 8.93. The Morgan fingerprint density at radius 1 is 1.50 bits per heavy atom. The van der Waals surface area contributed by atoms with Gasteiger partial charge in [0.1, 0.15) is 5.78 Å². The van der Waals surface area contributed by atoms with Crippen LogP contribution in [0, 0.1) is 23.2 Å². The number of fused-ring (bicyclic) bond motifs is 1. The van der Waals surface area contributed by atoms with Crippen LogP contribution >= 0.6 is 0 Å². The lowest BCUT2D eigenvalue weighted by Crippen LogP contribution is -2.46. The highest BCUT2D eigenvalue weighted by Gasteiger charge is 2.57. The van der Waals surface area contributed by atoms with Gasteiger partial charge in [-0.3, -0.25) is 4.79 Å². The van der Waals surface area contributed by atoms with Gasteiger partial charge in [-0.2, -0.15) is 0 Å². The fourth-order valence-corrected chi connectivity index (χ4v) is 3.26. The predicted octanol–water partition coefficient (Wildman–Crippen LogP) is 2.65. The number of hydrogen-bond donors (Lipinski definition) is 0. The second kappa shape index (κ2) is 2.34. The standard InChI is InChI=1S/C11H18O/c1-7(2)8-4-5-11(3)6-9(12)10(8)11/h7-8,10H,4-6H2,1-3H3. The summed E-state index contributed by atoms with van der Waals surface area (Å²) in [6, 6.07) is 0. The Labute approximate surface area is 74.5 Å². The molecule has 2 aliphatic carbocycles. The Hall–Kier alpha value is -0.330. The quantitative estimate of drug-likeness (QED) is 0.585. The highest BCUT2D eigenvalue weighted by Crippen LogP contribution is 2.59. The van der Waals surface area contributed by atoms with E-state index in [-0.39, 0.29) is 0 Å². The zero-order valence-electron chi connectivity index (χ0n) is 8.26. The summed E-state index contributed by atoms with van der Waals surface area (Å²) in [5, 5.41) is 0. The van der Waals surface area contributed by atoms with Crippen LogP contribution < -0.4 is 0 Å². The summed E-state index contributed by atoms with van der Waals surface area (Å²) >= 11 is 0. The van der Waals surface area contributed by atoms with Crippen molar-refractivity contribution in [2.45, 2.75) is 40.0 Å². The number of hydrogen-bond acceptors (Lipinski definition) is 1. The van der Waals surface area contributed by atoms with Crippen molar-refractivity contribution in [3.05, 3.63) is 0 Å². The van der Waals surface area contributed by atoms with Crippen LogP contribution in [0.25, 0.3) is 0 Å². The minimum absolute atomic E-state index is 0.409. The molecule has 2 aliphatic rings. The fourth-order valence-electron chi connectivity index (χ4n) is 3.26. The number of Topliss-reactive ketones (excluding diaryl/α,β-unsaturated/α-hetero) is 1. The lowest BCUT2D eigenvalue weighted by molar-refractivity contribution is -0.142. The van der Waals surface area contributed by atoms with E-state index in [4.69, 9.17) is 0 Å². The Bertz CT molecular complexity index is 219. The SMILES string of the molecule is CC(C)C1CCC2(C)CC(=O)C12. The van der Waals surface area contributed by atoms with Crippen molar-refractivity contribution >= 4 is 5.78 Å². The molecule has 2 saturated carbocycles. The molecular formula is C11H18O. The van der Waals surface area contributed by atoms with Crippen molar-refractivity contribution in [1.29, 1.82) is 0 Å². The van der Waals surface area contributed by atoms with E-state index in [1.54, 1.807) is 0 Å². The van der Waals surface area contributed by atoms with E-state index in [2.05, 4.69) is 20.8 Å². The molecule has 0 saturated heterocycles. The van der Waals surface area contributed by atoms with E-state index in [0.29, 0.717) is 29.0 Å². The Morgan fingerprint density at radius 3 is 2.58 bits per heavy atom. The summed E-state index contributed by atoms with van der Waals surface area (Å²) in [7, 11) is 0. The number of carbonyl (C=O) groups is 1. The number of ketones is 1. The molecule has 0 bridgehead atoms. The first kappa shape index (κ1) is 8.28. The van der Waals surface area contributed by atoms with Gasteiger partial charge >= 0.3 is 0 Å². The summed E-state index contributed by atoms with van der Waals surface area (Å²) in [6.45, 7) is 6.80. The van der Waals surface area contributed by atoms with Crippen molar-refractivity contribution < 1.29 is 4.79 Å².